The van der Waals surface area contributed by atoms with Gasteiger partial charge in [0.05, 0.1) is 40.8 Å². The van der Waals surface area contributed by atoms with Gasteiger partial charge in [-0.2, -0.15) is 9.57 Å². The first-order valence-electron chi connectivity index (χ1n) is 13.2. The minimum Gasteiger partial charge on any atom is -0.364 e. The molecule has 3 aromatic carbocycles. The Balaban J connectivity index is 1.56. The molecule has 0 bridgehead atoms. The number of nitriles is 1. The van der Waals surface area contributed by atoms with Crippen molar-refractivity contribution in [3.8, 4) is 6.07 Å². The van der Waals surface area contributed by atoms with Gasteiger partial charge in [0.2, 0.25) is 10.0 Å². The maximum Gasteiger partial charge on any atom is 0.218 e. The van der Waals surface area contributed by atoms with Crippen molar-refractivity contribution in [3.05, 3.63) is 112 Å². The van der Waals surface area contributed by atoms with Crippen molar-refractivity contribution < 1.29 is 16.8 Å². The van der Waals surface area contributed by atoms with E-state index in [1.54, 1.807) is 55.0 Å². The number of hydrogen-bond donors (Lipinski definition) is 0. The largest absolute Gasteiger partial charge is 0.364 e. The standard InChI is InChI=1S/C30H30ClN5O4S2/c1-34-21-33-16-27(34)19-35-18-26(14-25-13-23(15-32)9-12-30(25)35)36(17-22-7-10-28(11-8-22)41(2,37)38)42(39,40)20-24-5-3-4-6-29(24)31/h3-13,16,21,26H,14,17-20H2,1-2H3. The highest BCUT2D eigenvalue weighted by molar-refractivity contribution is 7.90. The van der Waals surface area contributed by atoms with Gasteiger partial charge in [-0.3, -0.25) is 0 Å². The number of aryl methyl sites for hydroxylation is 1. The Morgan fingerprint density at radius 3 is 2.45 bits per heavy atom. The second-order valence-corrected chi connectivity index (χ2v) is 14.8. The van der Waals surface area contributed by atoms with E-state index in [0.29, 0.717) is 41.2 Å². The van der Waals surface area contributed by atoms with Gasteiger partial charge in [0.15, 0.2) is 9.84 Å². The molecule has 2 heterocycles. The number of anilines is 1. The highest BCUT2D eigenvalue weighted by atomic mass is 35.5. The summed E-state index contributed by atoms with van der Waals surface area (Å²) in [6.07, 6.45) is 5.03. The van der Waals surface area contributed by atoms with E-state index >= 15 is 0 Å². The Morgan fingerprint density at radius 2 is 1.81 bits per heavy atom. The number of nitrogens with zero attached hydrogens (tertiary/aromatic N) is 5. The lowest BCUT2D eigenvalue weighted by Crippen LogP contribution is -2.50. The second kappa shape index (κ2) is 11.9. The molecule has 0 N–H and O–H groups in total. The summed E-state index contributed by atoms with van der Waals surface area (Å²) >= 11 is 6.37. The Bertz CT molecular complexity index is 1870. The lowest BCUT2D eigenvalue weighted by Gasteiger charge is -2.41. The van der Waals surface area contributed by atoms with E-state index in [0.717, 1.165) is 23.2 Å². The molecule has 0 aliphatic carbocycles. The minimum atomic E-state index is -3.92. The zero-order valence-electron chi connectivity index (χ0n) is 23.2. The molecule has 0 saturated carbocycles. The highest BCUT2D eigenvalue weighted by Gasteiger charge is 2.36. The smallest absolute Gasteiger partial charge is 0.218 e. The molecule has 0 fully saturated rings. The van der Waals surface area contributed by atoms with Crippen LogP contribution in [0.4, 0.5) is 5.69 Å². The van der Waals surface area contributed by atoms with Crippen molar-refractivity contribution in [2.45, 2.75) is 36.2 Å². The quantitative estimate of drug-likeness (QED) is 0.273. The summed E-state index contributed by atoms with van der Waals surface area (Å²) in [7, 11) is -5.42. The summed E-state index contributed by atoms with van der Waals surface area (Å²) in [6, 6.07) is 20.3. The SMILES string of the molecule is Cn1cncc1CN1CC(N(Cc2ccc(S(C)(=O)=O)cc2)S(=O)(=O)Cc2ccccc2Cl)Cc2cc(C#N)ccc21. The molecule has 218 valence electrons. The number of hydrogen-bond acceptors (Lipinski definition) is 7. The fraction of sp³-hybridized carbons (Fsp3) is 0.267. The predicted octanol–water partition coefficient (Wildman–Crippen LogP) is 4.31. The number of benzene rings is 3. The van der Waals surface area contributed by atoms with Gasteiger partial charge in [-0.25, -0.2) is 21.8 Å². The molecule has 4 aromatic rings. The molecule has 1 atom stereocenters. The number of sulfone groups is 1. The summed E-state index contributed by atoms with van der Waals surface area (Å²) in [5, 5.41) is 9.95. The number of halogens is 1. The summed E-state index contributed by atoms with van der Waals surface area (Å²) in [5.41, 5.74) is 4.40. The number of fused-ring (bicyclic) bond motifs is 1. The molecule has 9 nitrogen and oxygen atoms in total. The molecule has 0 spiro atoms. The third-order valence-corrected chi connectivity index (χ3v) is 10.8. The van der Waals surface area contributed by atoms with Gasteiger partial charge in [0.25, 0.3) is 0 Å². The third kappa shape index (κ3) is 6.52. The topological polar surface area (TPSA) is 116 Å². The Morgan fingerprint density at radius 1 is 1.07 bits per heavy atom. The van der Waals surface area contributed by atoms with Crippen molar-refractivity contribution in [3.63, 3.8) is 0 Å². The van der Waals surface area contributed by atoms with Crippen LogP contribution >= 0.6 is 11.6 Å². The van der Waals surface area contributed by atoms with Gasteiger partial charge >= 0.3 is 0 Å². The van der Waals surface area contributed by atoms with Crippen LogP contribution in [0.25, 0.3) is 0 Å². The first-order valence-corrected chi connectivity index (χ1v) is 17.1. The van der Waals surface area contributed by atoms with E-state index in [2.05, 4.69) is 16.0 Å². The van der Waals surface area contributed by atoms with Crippen LogP contribution in [-0.2, 0) is 52.2 Å². The maximum absolute atomic E-state index is 14.2. The number of rotatable bonds is 9. The van der Waals surface area contributed by atoms with Gasteiger partial charge in [-0.1, -0.05) is 41.9 Å². The average Bonchev–Trinajstić information content (AvgIpc) is 3.36. The number of imidazole rings is 1. The zero-order valence-corrected chi connectivity index (χ0v) is 25.6. The van der Waals surface area contributed by atoms with Crippen molar-refractivity contribution in [1.29, 1.82) is 5.26 Å². The first kappa shape index (κ1) is 29.8. The molecular weight excluding hydrogens is 594 g/mol. The van der Waals surface area contributed by atoms with Crippen LogP contribution in [0.5, 0.6) is 0 Å². The minimum absolute atomic E-state index is 0.0360. The molecular formula is C30H30ClN5O4S2. The Labute approximate surface area is 251 Å². The van der Waals surface area contributed by atoms with Crippen LogP contribution < -0.4 is 4.90 Å². The van der Waals surface area contributed by atoms with E-state index in [4.69, 9.17) is 11.6 Å². The summed E-state index contributed by atoms with van der Waals surface area (Å²) in [6.45, 7) is 0.926. The van der Waals surface area contributed by atoms with Crippen LogP contribution in [0.3, 0.4) is 0 Å². The molecule has 1 aliphatic heterocycles. The predicted molar refractivity (Wildman–Crippen MR) is 162 cm³/mol. The van der Waals surface area contributed by atoms with Crippen LogP contribution in [0, 0.1) is 11.3 Å². The Hall–Kier alpha value is -3.69. The lowest BCUT2D eigenvalue weighted by atomic mass is 9.95. The van der Waals surface area contributed by atoms with Crippen molar-refractivity contribution in [2.24, 2.45) is 7.05 Å². The second-order valence-electron chi connectivity index (χ2n) is 10.5. The highest BCUT2D eigenvalue weighted by Crippen LogP contribution is 2.34. The van der Waals surface area contributed by atoms with Crippen molar-refractivity contribution in [1.82, 2.24) is 13.9 Å². The van der Waals surface area contributed by atoms with E-state index in [1.807, 2.05) is 23.7 Å². The van der Waals surface area contributed by atoms with Gasteiger partial charge in [0.1, 0.15) is 0 Å². The molecule has 0 radical (unpaired) electrons. The van der Waals surface area contributed by atoms with Gasteiger partial charge in [-0.05, 0) is 59.5 Å². The van der Waals surface area contributed by atoms with Crippen LogP contribution in [-0.4, -0.2) is 49.5 Å². The lowest BCUT2D eigenvalue weighted by molar-refractivity contribution is 0.302. The monoisotopic (exact) mass is 623 g/mol. The molecule has 1 aromatic heterocycles. The first-order chi connectivity index (χ1) is 19.9. The number of sulfonamides is 1. The van der Waals surface area contributed by atoms with Crippen LogP contribution in [0.1, 0.15) is 27.9 Å². The molecule has 0 saturated heterocycles. The average molecular weight is 624 g/mol. The molecule has 5 rings (SSSR count). The van der Waals surface area contributed by atoms with Gasteiger partial charge in [0, 0.05) is 49.3 Å². The van der Waals surface area contributed by atoms with Crippen LogP contribution in [0.2, 0.25) is 5.02 Å². The Kier molecular flexibility index (Phi) is 8.44. The molecule has 1 unspecified atom stereocenters. The van der Waals surface area contributed by atoms with E-state index in [1.165, 1.54) is 16.4 Å². The molecule has 42 heavy (non-hydrogen) atoms. The fourth-order valence-corrected chi connectivity index (χ4v) is 7.91. The maximum atomic E-state index is 14.2. The molecule has 1 aliphatic rings. The van der Waals surface area contributed by atoms with Crippen molar-refractivity contribution in [2.75, 3.05) is 17.7 Å². The van der Waals surface area contributed by atoms with Crippen LogP contribution in [0.15, 0.2) is 84.1 Å². The van der Waals surface area contributed by atoms with E-state index < -0.39 is 25.9 Å². The molecule has 12 heteroatoms. The van der Waals surface area contributed by atoms with Gasteiger partial charge < -0.3 is 9.47 Å². The molecule has 0 amide bonds. The fourth-order valence-electron chi connectivity index (χ4n) is 5.24. The summed E-state index contributed by atoms with van der Waals surface area (Å²) < 4.78 is 55.8. The van der Waals surface area contributed by atoms with E-state index in [-0.39, 0.29) is 17.2 Å². The van der Waals surface area contributed by atoms with Gasteiger partial charge in [-0.15, -0.1) is 0 Å². The normalized spacial score (nSPS) is 15.4. The zero-order chi connectivity index (χ0) is 30.1. The summed E-state index contributed by atoms with van der Waals surface area (Å²) in [4.78, 5) is 6.51. The van der Waals surface area contributed by atoms with Crippen molar-refractivity contribution >= 4 is 37.1 Å². The van der Waals surface area contributed by atoms with E-state index in [9.17, 15) is 22.1 Å². The summed E-state index contributed by atoms with van der Waals surface area (Å²) in [5.74, 6) is -0.294. The number of aromatic nitrogens is 2. The third-order valence-electron chi connectivity index (χ3n) is 7.46.